The number of benzene rings is 1. The fourth-order valence-electron chi connectivity index (χ4n) is 2.05. The van der Waals surface area contributed by atoms with E-state index in [0.717, 1.165) is 4.88 Å². The molecular weight excluding hydrogens is 303 g/mol. The van der Waals surface area contributed by atoms with Gasteiger partial charge in [-0.05, 0) is 38.1 Å². The summed E-state index contributed by atoms with van der Waals surface area (Å²) in [6.45, 7) is 3.71. The van der Waals surface area contributed by atoms with Crippen molar-refractivity contribution in [2.75, 3.05) is 5.32 Å². The Balaban J connectivity index is 1.86. The van der Waals surface area contributed by atoms with E-state index in [1.165, 1.54) is 29.7 Å². The highest BCUT2D eigenvalue weighted by Gasteiger charge is 2.16. The predicted octanol–water partition coefficient (Wildman–Crippen LogP) is 3.34. The summed E-state index contributed by atoms with van der Waals surface area (Å²) in [5.74, 6) is -0.578. The van der Waals surface area contributed by atoms with E-state index in [1.807, 2.05) is 6.92 Å². The van der Waals surface area contributed by atoms with Crippen molar-refractivity contribution in [1.29, 1.82) is 0 Å². The summed E-state index contributed by atoms with van der Waals surface area (Å²) < 4.78 is 14.6. The third-order valence-electron chi connectivity index (χ3n) is 3.17. The van der Waals surface area contributed by atoms with Gasteiger partial charge in [-0.2, -0.15) is 5.10 Å². The van der Waals surface area contributed by atoms with Gasteiger partial charge < -0.3 is 0 Å². The predicted molar refractivity (Wildman–Crippen MR) is 83.1 cm³/mol. The van der Waals surface area contributed by atoms with Gasteiger partial charge in [-0.3, -0.25) is 10.1 Å². The zero-order chi connectivity index (χ0) is 15.7. The summed E-state index contributed by atoms with van der Waals surface area (Å²) in [4.78, 5) is 17.4. The minimum Gasteiger partial charge on any atom is -0.298 e. The molecule has 1 aromatic carbocycles. The lowest BCUT2D eigenvalue weighted by Gasteiger charge is -2.05. The molecular formula is C15H13FN4OS. The highest BCUT2D eigenvalue weighted by atomic mass is 32.1. The maximum absolute atomic E-state index is 13.0. The van der Waals surface area contributed by atoms with Gasteiger partial charge in [-0.25, -0.2) is 14.1 Å². The first-order valence-corrected chi connectivity index (χ1v) is 7.40. The molecule has 0 fully saturated rings. The molecule has 0 bridgehead atoms. The van der Waals surface area contributed by atoms with Crippen LogP contribution < -0.4 is 5.32 Å². The Labute approximate surface area is 130 Å². The normalized spacial score (nSPS) is 10.7. The fourth-order valence-corrected chi connectivity index (χ4v) is 2.71. The van der Waals surface area contributed by atoms with E-state index in [2.05, 4.69) is 15.4 Å². The van der Waals surface area contributed by atoms with Crippen molar-refractivity contribution < 1.29 is 9.18 Å². The molecule has 0 radical (unpaired) electrons. The number of nitrogens with one attached hydrogen (secondary N) is 1. The van der Waals surface area contributed by atoms with Crippen molar-refractivity contribution in [1.82, 2.24) is 14.8 Å². The van der Waals surface area contributed by atoms with E-state index in [-0.39, 0.29) is 11.7 Å². The van der Waals surface area contributed by atoms with Crippen LogP contribution >= 0.6 is 11.3 Å². The van der Waals surface area contributed by atoms with Crippen molar-refractivity contribution in [2.24, 2.45) is 0 Å². The monoisotopic (exact) mass is 316 g/mol. The lowest BCUT2D eigenvalue weighted by Crippen LogP contribution is -2.12. The number of aryl methyl sites for hydroxylation is 1. The second kappa shape index (κ2) is 5.69. The average molecular weight is 316 g/mol. The standard InChI is InChI=1S/C15H13FN4OS/c1-9-7-17-15(22-9)19-14(21)13-8-18-20(10(13)2)12-5-3-11(16)4-6-12/h3-8H,1-2H3,(H,17,19,21). The van der Waals surface area contributed by atoms with Gasteiger partial charge in [0.1, 0.15) is 5.82 Å². The summed E-state index contributed by atoms with van der Waals surface area (Å²) in [6.07, 6.45) is 3.20. The Kier molecular flexibility index (Phi) is 3.72. The Morgan fingerprint density at radius 1 is 1.23 bits per heavy atom. The van der Waals surface area contributed by atoms with Crippen LogP contribution in [0.5, 0.6) is 0 Å². The maximum Gasteiger partial charge on any atom is 0.260 e. The number of aromatic nitrogens is 3. The molecule has 1 N–H and O–H groups in total. The largest absolute Gasteiger partial charge is 0.298 e. The summed E-state index contributed by atoms with van der Waals surface area (Å²) in [5, 5.41) is 7.50. The molecule has 0 spiro atoms. The van der Waals surface area contributed by atoms with Gasteiger partial charge in [0, 0.05) is 11.1 Å². The average Bonchev–Trinajstić information content (AvgIpc) is 3.06. The van der Waals surface area contributed by atoms with Gasteiger partial charge in [-0.15, -0.1) is 11.3 Å². The molecule has 0 aliphatic heterocycles. The van der Waals surface area contributed by atoms with Crippen LogP contribution in [0, 0.1) is 19.7 Å². The van der Waals surface area contributed by atoms with E-state index in [1.54, 1.807) is 29.9 Å². The molecule has 0 saturated heterocycles. The van der Waals surface area contributed by atoms with E-state index in [4.69, 9.17) is 0 Å². The molecule has 0 aliphatic carbocycles. The second-order valence-electron chi connectivity index (χ2n) is 4.76. The number of nitrogens with zero attached hydrogens (tertiary/aromatic N) is 3. The summed E-state index contributed by atoms with van der Waals surface area (Å²) in [5.41, 5.74) is 1.83. The summed E-state index contributed by atoms with van der Waals surface area (Å²) >= 11 is 1.41. The van der Waals surface area contributed by atoms with Gasteiger partial charge in [0.05, 0.1) is 23.1 Å². The van der Waals surface area contributed by atoms with Crippen molar-refractivity contribution in [3.8, 4) is 5.69 Å². The molecule has 0 saturated carbocycles. The highest BCUT2D eigenvalue weighted by Crippen LogP contribution is 2.19. The van der Waals surface area contributed by atoms with Crippen LogP contribution in [0.25, 0.3) is 5.69 Å². The fraction of sp³-hybridized carbons (Fsp3) is 0.133. The van der Waals surface area contributed by atoms with Gasteiger partial charge in [0.25, 0.3) is 5.91 Å². The molecule has 22 heavy (non-hydrogen) atoms. The number of anilines is 1. The van der Waals surface area contributed by atoms with Crippen LogP contribution in [-0.2, 0) is 0 Å². The van der Waals surface area contributed by atoms with Gasteiger partial charge in [-0.1, -0.05) is 0 Å². The lowest BCUT2D eigenvalue weighted by molar-refractivity contribution is 0.102. The van der Waals surface area contributed by atoms with Crippen molar-refractivity contribution >= 4 is 22.4 Å². The first kappa shape index (κ1) is 14.4. The number of hydrogen-bond acceptors (Lipinski definition) is 4. The molecule has 0 unspecified atom stereocenters. The quantitative estimate of drug-likeness (QED) is 0.806. The highest BCUT2D eigenvalue weighted by molar-refractivity contribution is 7.15. The van der Waals surface area contributed by atoms with E-state index < -0.39 is 0 Å². The number of rotatable bonds is 3. The summed E-state index contributed by atoms with van der Waals surface area (Å²) in [6, 6.07) is 5.94. The molecule has 112 valence electrons. The van der Waals surface area contributed by atoms with Crippen LogP contribution in [-0.4, -0.2) is 20.7 Å². The van der Waals surface area contributed by atoms with Crippen LogP contribution in [0.1, 0.15) is 20.9 Å². The molecule has 5 nitrogen and oxygen atoms in total. The first-order valence-electron chi connectivity index (χ1n) is 6.59. The maximum atomic E-state index is 13.0. The Hall–Kier alpha value is -2.54. The number of thiazole rings is 1. The zero-order valence-corrected chi connectivity index (χ0v) is 12.8. The molecule has 7 heteroatoms. The molecule has 0 aliphatic rings. The number of amides is 1. The zero-order valence-electron chi connectivity index (χ0n) is 12.0. The summed E-state index contributed by atoms with van der Waals surface area (Å²) in [7, 11) is 0. The molecule has 2 aromatic heterocycles. The molecule has 1 amide bonds. The van der Waals surface area contributed by atoms with Gasteiger partial charge in [0.15, 0.2) is 5.13 Å². The Morgan fingerprint density at radius 3 is 2.59 bits per heavy atom. The molecule has 3 aromatic rings. The smallest absolute Gasteiger partial charge is 0.260 e. The second-order valence-corrected chi connectivity index (χ2v) is 6.00. The SMILES string of the molecule is Cc1cnc(NC(=O)c2cnn(-c3ccc(F)cc3)c2C)s1. The Morgan fingerprint density at radius 2 is 1.95 bits per heavy atom. The Bertz CT molecular complexity index is 822. The van der Waals surface area contributed by atoms with Crippen molar-refractivity contribution in [3.05, 3.63) is 58.6 Å². The molecule has 0 atom stereocenters. The van der Waals surface area contributed by atoms with Crippen molar-refractivity contribution in [3.63, 3.8) is 0 Å². The van der Waals surface area contributed by atoms with Crippen LogP contribution in [0.4, 0.5) is 9.52 Å². The van der Waals surface area contributed by atoms with Gasteiger partial charge in [0.2, 0.25) is 0 Å². The number of halogens is 1. The lowest BCUT2D eigenvalue weighted by atomic mass is 10.2. The number of carbonyl (C=O) groups excluding carboxylic acids is 1. The number of hydrogen-bond donors (Lipinski definition) is 1. The third kappa shape index (κ3) is 2.75. The van der Waals surface area contributed by atoms with E-state index in [9.17, 15) is 9.18 Å². The first-order chi connectivity index (χ1) is 10.5. The number of carbonyl (C=O) groups is 1. The van der Waals surface area contributed by atoms with Gasteiger partial charge >= 0.3 is 0 Å². The molecule has 3 rings (SSSR count). The van der Waals surface area contributed by atoms with Crippen LogP contribution in [0.2, 0.25) is 0 Å². The topological polar surface area (TPSA) is 59.8 Å². The van der Waals surface area contributed by atoms with Crippen molar-refractivity contribution in [2.45, 2.75) is 13.8 Å². The minimum atomic E-state index is -0.314. The van der Waals surface area contributed by atoms with E-state index >= 15 is 0 Å². The van der Waals surface area contributed by atoms with Crippen LogP contribution in [0.3, 0.4) is 0 Å². The molecule has 2 heterocycles. The minimum absolute atomic E-state index is 0.264. The van der Waals surface area contributed by atoms with E-state index in [0.29, 0.717) is 22.1 Å². The third-order valence-corrected chi connectivity index (χ3v) is 4.00. The van der Waals surface area contributed by atoms with Crippen LogP contribution in [0.15, 0.2) is 36.7 Å².